The second-order valence-electron chi connectivity index (χ2n) is 4.55. The van der Waals surface area contributed by atoms with Gasteiger partial charge >= 0.3 is 0 Å². The molecule has 0 spiro atoms. The molecule has 0 aromatic carbocycles. The van der Waals surface area contributed by atoms with Crippen molar-refractivity contribution >= 4 is 5.78 Å². The zero-order valence-corrected chi connectivity index (χ0v) is 9.89. The fourth-order valence-electron chi connectivity index (χ4n) is 2.23. The zero-order chi connectivity index (χ0) is 12.1. The molecule has 17 heavy (non-hydrogen) atoms. The zero-order valence-electron chi connectivity index (χ0n) is 9.89. The van der Waals surface area contributed by atoms with Crippen molar-refractivity contribution < 1.29 is 9.53 Å². The van der Waals surface area contributed by atoms with Gasteiger partial charge < -0.3 is 10.5 Å². The van der Waals surface area contributed by atoms with E-state index in [2.05, 4.69) is 4.98 Å². The number of carbonyl (C=O) groups excluding carboxylic acids is 1. The van der Waals surface area contributed by atoms with Gasteiger partial charge in [-0.05, 0) is 30.5 Å². The third-order valence-corrected chi connectivity index (χ3v) is 3.55. The van der Waals surface area contributed by atoms with Crippen LogP contribution in [0.4, 0.5) is 0 Å². The first-order valence-electron chi connectivity index (χ1n) is 5.97. The summed E-state index contributed by atoms with van der Waals surface area (Å²) < 4.78 is 5.31. The molecule has 1 aromatic rings. The van der Waals surface area contributed by atoms with E-state index in [1.54, 1.807) is 12.4 Å². The van der Waals surface area contributed by atoms with Crippen molar-refractivity contribution in [2.75, 3.05) is 19.8 Å². The van der Waals surface area contributed by atoms with Crippen LogP contribution in [0.2, 0.25) is 0 Å². The van der Waals surface area contributed by atoms with E-state index in [-0.39, 0.29) is 11.2 Å². The number of ketones is 1. The van der Waals surface area contributed by atoms with Crippen molar-refractivity contribution in [3.8, 4) is 0 Å². The highest BCUT2D eigenvalue weighted by atomic mass is 16.5. The number of aromatic nitrogens is 1. The molecule has 0 radical (unpaired) electrons. The fraction of sp³-hybridized carbons (Fsp3) is 0.538. The molecule has 1 aliphatic heterocycles. The van der Waals surface area contributed by atoms with E-state index in [4.69, 9.17) is 10.5 Å². The number of nitrogens with two attached hydrogens (primary N) is 1. The Morgan fingerprint density at radius 2 is 2.00 bits per heavy atom. The van der Waals surface area contributed by atoms with Gasteiger partial charge in [-0.1, -0.05) is 0 Å². The van der Waals surface area contributed by atoms with E-state index in [0.717, 1.165) is 18.4 Å². The molecule has 1 fully saturated rings. The Hall–Kier alpha value is -1.26. The van der Waals surface area contributed by atoms with Gasteiger partial charge in [-0.25, -0.2) is 0 Å². The van der Waals surface area contributed by atoms with Crippen LogP contribution in [0.3, 0.4) is 0 Å². The number of ether oxygens (including phenoxy) is 1. The van der Waals surface area contributed by atoms with Crippen LogP contribution < -0.4 is 5.73 Å². The van der Waals surface area contributed by atoms with Crippen molar-refractivity contribution in [3.63, 3.8) is 0 Å². The first kappa shape index (κ1) is 12.2. The van der Waals surface area contributed by atoms with Crippen LogP contribution in [0.15, 0.2) is 24.5 Å². The van der Waals surface area contributed by atoms with E-state index in [1.807, 2.05) is 12.1 Å². The van der Waals surface area contributed by atoms with Crippen molar-refractivity contribution in [2.45, 2.75) is 19.3 Å². The van der Waals surface area contributed by atoms with E-state index in [9.17, 15) is 4.79 Å². The van der Waals surface area contributed by atoms with Crippen LogP contribution in [-0.4, -0.2) is 30.5 Å². The lowest BCUT2D eigenvalue weighted by molar-refractivity contribution is -0.132. The summed E-state index contributed by atoms with van der Waals surface area (Å²) in [5.41, 5.74) is 6.43. The third-order valence-electron chi connectivity index (χ3n) is 3.55. The minimum Gasteiger partial charge on any atom is -0.381 e. The molecule has 2 N–H and O–H groups in total. The van der Waals surface area contributed by atoms with Gasteiger partial charge in [0.2, 0.25) is 0 Å². The summed E-state index contributed by atoms with van der Waals surface area (Å²) in [4.78, 5) is 16.3. The molecule has 1 saturated heterocycles. The molecular weight excluding hydrogens is 216 g/mol. The Morgan fingerprint density at radius 3 is 2.59 bits per heavy atom. The second kappa shape index (κ2) is 5.38. The van der Waals surface area contributed by atoms with E-state index >= 15 is 0 Å². The van der Waals surface area contributed by atoms with Crippen LogP contribution in [0, 0.1) is 5.41 Å². The Morgan fingerprint density at radius 1 is 1.35 bits per heavy atom. The van der Waals surface area contributed by atoms with E-state index in [1.165, 1.54) is 0 Å². The Bertz CT molecular complexity index is 372. The van der Waals surface area contributed by atoms with Crippen molar-refractivity contribution in [2.24, 2.45) is 11.1 Å². The van der Waals surface area contributed by atoms with Gasteiger partial charge in [-0.15, -0.1) is 0 Å². The molecule has 1 aliphatic rings. The fourth-order valence-corrected chi connectivity index (χ4v) is 2.23. The highest BCUT2D eigenvalue weighted by Gasteiger charge is 2.37. The van der Waals surface area contributed by atoms with Crippen molar-refractivity contribution in [1.29, 1.82) is 0 Å². The number of rotatable bonds is 4. The topological polar surface area (TPSA) is 65.2 Å². The lowest BCUT2D eigenvalue weighted by atomic mass is 9.75. The Balaban J connectivity index is 2.07. The highest BCUT2D eigenvalue weighted by molar-refractivity contribution is 5.87. The lowest BCUT2D eigenvalue weighted by Gasteiger charge is -2.34. The molecule has 2 rings (SSSR count). The molecule has 1 aromatic heterocycles. The maximum Gasteiger partial charge on any atom is 0.144 e. The molecule has 92 valence electrons. The van der Waals surface area contributed by atoms with Crippen LogP contribution >= 0.6 is 0 Å². The molecule has 0 aliphatic carbocycles. The summed E-state index contributed by atoms with van der Waals surface area (Å²) in [6.07, 6.45) is 5.35. The molecule has 0 amide bonds. The number of hydrogen-bond donors (Lipinski definition) is 1. The highest BCUT2D eigenvalue weighted by Crippen LogP contribution is 2.31. The van der Waals surface area contributed by atoms with Crippen LogP contribution in [-0.2, 0) is 16.0 Å². The molecular formula is C13H18N2O2. The van der Waals surface area contributed by atoms with Gasteiger partial charge in [0.1, 0.15) is 5.78 Å². The smallest absolute Gasteiger partial charge is 0.144 e. The number of carbonyl (C=O) groups is 1. The Labute approximate surface area is 101 Å². The number of hydrogen-bond acceptors (Lipinski definition) is 4. The summed E-state index contributed by atoms with van der Waals surface area (Å²) in [7, 11) is 0. The molecule has 0 bridgehead atoms. The van der Waals surface area contributed by atoms with Crippen molar-refractivity contribution in [1.82, 2.24) is 4.98 Å². The average Bonchev–Trinajstić information content (AvgIpc) is 2.40. The standard InChI is InChI=1S/C13H18N2O2/c14-10-13(3-7-17-8-4-13)12(16)9-11-1-5-15-6-2-11/h1-2,5-6H,3-4,7-10,14H2. The maximum absolute atomic E-state index is 12.4. The summed E-state index contributed by atoms with van der Waals surface area (Å²) >= 11 is 0. The largest absolute Gasteiger partial charge is 0.381 e. The average molecular weight is 234 g/mol. The summed E-state index contributed by atoms with van der Waals surface area (Å²) in [5.74, 6) is 0.231. The quantitative estimate of drug-likeness (QED) is 0.842. The predicted octanol–water partition coefficient (Wildman–Crippen LogP) is 0.949. The third kappa shape index (κ3) is 2.70. The van der Waals surface area contributed by atoms with Gasteiger partial charge in [-0.2, -0.15) is 0 Å². The van der Waals surface area contributed by atoms with Crippen LogP contribution in [0.25, 0.3) is 0 Å². The van der Waals surface area contributed by atoms with Crippen LogP contribution in [0.5, 0.6) is 0 Å². The molecule has 4 heteroatoms. The van der Waals surface area contributed by atoms with Gasteiger partial charge in [0, 0.05) is 44.0 Å². The second-order valence-corrected chi connectivity index (χ2v) is 4.55. The predicted molar refractivity (Wildman–Crippen MR) is 64.5 cm³/mol. The number of Topliss-reactive ketones (excluding diaryl/α,β-unsaturated/α-hetero) is 1. The van der Waals surface area contributed by atoms with Gasteiger partial charge in [-0.3, -0.25) is 9.78 Å². The summed E-state index contributed by atoms with van der Waals surface area (Å²) in [6.45, 7) is 1.69. The molecule has 4 nitrogen and oxygen atoms in total. The number of nitrogens with zero attached hydrogens (tertiary/aromatic N) is 1. The van der Waals surface area contributed by atoms with Gasteiger partial charge in [0.25, 0.3) is 0 Å². The number of pyridine rings is 1. The first-order chi connectivity index (χ1) is 8.27. The summed E-state index contributed by atoms with van der Waals surface area (Å²) in [6, 6.07) is 3.75. The van der Waals surface area contributed by atoms with Gasteiger partial charge in [0.05, 0.1) is 0 Å². The maximum atomic E-state index is 12.4. The van der Waals surface area contributed by atoms with Crippen molar-refractivity contribution in [3.05, 3.63) is 30.1 Å². The SMILES string of the molecule is NCC1(C(=O)Cc2ccncc2)CCOCC1. The van der Waals surface area contributed by atoms with Gasteiger partial charge in [0.15, 0.2) is 0 Å². The Kier molecular flexibility index (Phi) is 3.86. The lowest BCUT2D eigenvalue weighted by Crippen LogP contribution is -2.44. The first-order valence-corrected chi connectivity index (χ1v) is 5.97. The molecule has 2 heterocycles. The minimum atomic E-state index is -0.373. The van der Waals surface area contributed by atoms with E-state index < -0.39 is 0 Å². The van der Waals surface area contributed by atoms with Crippen LogP contribution in [0.1, 0.15) is 18.4 Å². The minimum absolute atomic E-state index is 0.231. The molecule has 0 saturated carbocycles. The summed E-state index contributed by atoms with van der Waals surface area (Å²) in [5, 5.41) is 0. The molecule has 0 unspecified atom stereocenters. The normalized spacial score (nSPS) is 18.9. The molecule has 0 atom stereocenters. The van der Waals surface area contributed by atoms with E-state index in [0.29, 0.717) is 26.2 Å². The monoisotopic (exact) mass is 234 g/mol.